The third-order valence-electron chi connectivity index (χ3n) is 5.58. The van der Waals surface area contributed by atoms with E-state index in [4.69, 9.17) is 0 Å². The number of nitrogens with zero attached hydrogens (tertiary/aromatic N) is 2. The maximum absolute atomic E-state index is 12.4. The van der Waals surface area contributed by atoms with Crippen LogP contribution in [0.1, 0.15) is 11.1 Å². The highest BCUT2D eigenvalue weighted by molar-refractivity contribution is 7.91. The quantitative estimate of drug-likeness (QED) is 0.797. The highest BCUT2D eigenvalue weighted by Gasteiger charge is 2.45. The molecule has 2 aliphatic heterocycles. The van der Waals surface area contributed by atoms with Crippen molar-refractivity contribution < 1.29 is 8.42 Å². The Kier molecular flexibility index (Phi) is 5.43. The van der Waals surface area contributed by atoms with E-state index < -0.39 is 9.84 Å². The smallest absolute Gasteiger partial charge is 0.153 e. The van der Waals surface area contributed by atoms with Crippen molar-refractivity contribution in [3.63, 3.8) is 0 Å². The lowest BCUT2D eigenvalue weighted by atomic mass is 10.0. The molecule has 4 nitrogen and oxygen atoms in total. The molecule has 0 spiro atoms. The van der Waals surface area contributed by atoms with Crippen LogP contribution in [0.4, 0.5) is 0 Å². The van der Waals surface area contributed by atoms with E-state index in [-0.39, 0.29) is 23.6 Å². The molecule has 0 aliphatic carbocycles. The topological polar surface area (TPSA) is 40.6 Å². The van der Waals surface area contributed by atoms with E-state index in [9.17, 15) is 8.42 Å². The minimum Gasteiger partial charge on any atom is -0.293 e. The van der Waals surface area contributed by atoms with Gasteiger partial charge in [-0.25, -0.2) is 8.42 Å². The lowest BCUT2D eigenvalue weighted by molar-refractivity contribution is 0.0480. The zero-order chi connectivity index (χ0) is 18.7. The molecule has 0 N–H and O–H groups in total. The Hall–Kier alpha value is -1.95. The first-order valence-corrected chi connectivity index (χ1v) is 11.4. The fourth-order valence-electron chi connectivity index (χ4n) is 4.23. The first-order valence-electron chi connectivity index (χ1n) is 9.55. The monoisotopic (exact) mass is 382 g/mol. The van der Waals surface area contributed by atoms with Gasteiger partial charge in [-0.15, -0.1) is 0 Å². The number of hydrogen-bond donors (Lipinski definition) is 0. The molecule has 0 saturated carbocycles. The fourth-order valence-corrected chi connectivity index (χ4v) is 6.27. The maximum Gasteiger partial charge on any atom is 0.153 e. The minimum absolute atomic E-state index is 0.0906. The predicted octanol–water partition coefficient (Wildman–Crippen LogP) is 2.68. The SMILES string of the molecule is O=S1(=O)C[C@@H]2[C@H](C1)N(C/C=C/c1ccccc1)CCN2Cc1ccccc1. The van der Waals surface area contributed by atoms with Crippen molar-refractivity contribution in [3.8, 4) is 0 Å². The Bertz CT molecular complexity index is 881. The zero-order valence-corrected chi connectivity index (χ0v) is 16.3. The highest BCUT2D eigenvalue weighted by atomic mass is 32.2. The Balaban J connectivity index is 1.46. The molecule has 27 heavy (non-hydrogen) atoms. The number of piperazine rings is 1. The summed E-state index contributed by atoms with van der Waals surface area (Å²) in [5.74, 6) is 0.561. The first-order chi connectivity index (χ1) is 13.1. The molecule has 2 aromatic carbocycles. The van der Waals surface area contributed by atoms with Gasteiger partial charge in [0, 0.05) is 38.3 Å². The summed E-state index contributed by atoms with van der Waals surface area (Å²) in [5, 5.41) is 0. The van der Waals surface area contributed by atoms with Crippen LogP contribution >= 0.6 is 0 Å². The molecular weight excluding hydrogens is 356 g/mol. The summed E-state index contributed by atoms with van der Waals surface area (Å²) in [4.78, 5) is 4.71. The first kappa shape index (κ1) is 18.4. The third kappa shape index (κ3) is 4.49. The van der Waals surface area contributed by atoms with Crippen molar-refractivity contribution >= 4 is 15.9 Å². The van der Waals surface area contributed by atoms with Gasteiger partial charge < -0.3 is 0 Å². The van der Waals surface area contributed by atoms with E-state index in [1.807, 2.05) is 36.4 Å². The average molecular weight is 383 g/mol. The molecule has 2 aliphatic rings. The lowest BCUT2D eigenvalue weighted by Crippen LogP contribution is -2.58. The molecular formula is C22H26N2O2S. The minimum atomic E-state index is -2.97. The lowest BCUT2D eigenvalue weighted by Gasteiger charge is -2.43. The van der Waals surface area contributed by atoms with Crippen LogP contribution in [0.5, 0.6) is 0 Å². The van der Waals surface area contributed by atoms with E-state index in [2.05, 4.69) is 46.2 Å². The van der Waals surface area contributed by atoms with E-state index in [0.717, 1.165) is 26.2 Å². The summed E-state index contributed by atoms with van der Waals surface area (Å²) >= 11 is 0. The molecule has 0 unspecified atom stereocenters. The van der Waals surface area contributed by atoms with Crippen LogP contribution in [0.3, 0.4) is 0 Å². The molecule has 142 valence electrons. The number of rotatable bonds is 5. The summed E-state index contributed by atoms with van der Waals surface area (Å²) in [6.45, 7) is 3.43. The molecule has 2 atom stereocenters. The summed E-state index contributed by atoms with van der Waals surface area (Å²) in [6.07, 6.45) is 4.28. The van der Waals surface area contributed by atoms with Gasteiger partial charge in [-0.1, -0.05) is 72.8 Å². The van der Waals surface area contributed by atoms with Gasteiger partial charge in [0.1, 0.15) is 0 Å². The molecule has 4 rings (SSSR count). The Morgan fingerprint density at radius 2 is 1.44 bits per heavy atom. The molecule has 0 aromatic heterocycles. The number of hydrogen-bond acceptors (Lipinski definition) is 4. The zero-order valence-electron chi connectivity index (χ0n) is 15.4. The molecule has 0 radical (unpaired) electrons. The van der Waals surface area contributed by atoms with Crippen LogP contribution in [0.15, 0.2) is 66.7 Å². The van der Waals surface area contributed by atoms with Gasteiger partial charge in [0.25, 0.3) is 0 Å². The normalized spacial score (nSPS) is 25.6. The number of fused-ring (bicyclic) bond motifs is 1. The predicted molar refractivity (Wildman–Crippen MR) is 110 cm³/mol. The standard InChI is InChI=1S/C22H26N2O2S/c25-27(26)17-21-22(18-27)24(16-20-10-5-2-6-11-20)15-14-23(21)13-7-12-19-8-3-1-4-9-19/h1-12,21-22H,13-18H2/b12-7+/t21-,22+/m0/s1. The second-order valence-corrected chi connectivity index (χ2v) is 9.63. The van der Waals surface area contributed by atoms with Crippen molar-refractivity contribution in [2.24, 2.45) is 0 Å². The second kappa shape index (κ2) is 7.97. The van der Waals surface area contributed by atoms with E-state index in [1.165, 1.54) is 11.1 Å². The van der Waals surface area contributed by atoms with Crippen LogP contribution in [0, 0.1) is 0 Å². The Labute approximate surface area is 162 Å². The van der Waals surface area contributed by atoms with E-state index in [1.54, 1.807) is 0 Å². The molecule has 5 heteroatoms. The van der Waals surface area contributed by atoms with Crippen molar-refractivity contribution in [2.75, 3.05) is 31.1 Å². The van der Waals surface area contributed by atoms with Gasteiger partial charge in [-0.3, -0.25) is 9.80 Å². The Morgan fingerprint density at radius 1 is 0.852 bits per heavy atom. The summed E-state index contributed by atoms with van der Waals surface area (Å²) < 4.78 is 24.7. The summed E-state index contributed by atoms with van der Waals surface area (Å²) in [5.41, 5.74) is 2.42. The van der Waals surface area contributed by atoms with Gasteiger partial charge in [0.05, 0.1) is 11.5 Å². The molecule has 2 saturated heterocycles. The van der Waals surface area contributed by atoms with Crippen LogP contribution < -0.4 is 0 Å². The molecule has 0 amide bonds. The summed E-state index contributed by atoms with van der Waals surface area (Å²) in [7, 11) is -2.97. The van der Waals surface area contributed by atoms with Crippen LogP contribution in [0.25, 0.3) is 6.08 Å². The van der Waals surface area contributed by atoms with Gasteiger partial charge in [-0.05, 0) is 11.1 Å². The maximum atomic E-state index is 12.4. The van der Waals surface area contributed by atoms with Crippen LogP contribution in [0.2, 0.25) is 0 Å². The number of benzene rings is 2. The van der Waals surface area contributed by atoms with Crippen molar-refractivity contribution in [1.82, 2.24) is 9.80 Å². The third-order valence-corrected chi connectivity index (χ3v) is 7.28. The van der Waals surface area contributed by atoms with Gasteiger partial charge in [0.2, 0.25) is 0 Å². The second-order valence-electron chi connectivity index (χ2n) is 7.48. The van der Waals surface area contributed by atoms with E-state index in [0.29, 0.717) is 0 Å². The molecule has 2 heterocycles. The molecule has 2 aromatic rings. The fraction of sp³-hybridized carbons (Fsp3) is 0.364. The molecule has 0 bridgehead atoms. The van der Waals surface area contributed by atoms with E-state index >= 15 is 0 Å². The largest absolute Gasteiger partial charge is 0.293 e. The number of sulfone groups is 1. The average Bonchev–Trinajstić information content (AvgIpc) is 3.01. The highest BCUT2D eigenvalue weighted by Crippen LogP contribution is 2.28. The van der Waals surface area contributed by atoms with Crippen molar-refractivity contribution in [3.05, 3.63) is 77.9 Å². The van der Waals surface area contributed by atoms with Crippen LogP contribution in [-0.2, 0) is 16.4 Å². The van der Waals surface area contributed by atoms with Gasteiger partial charge in [0.15, 0.2) is 9.84 Å². The Morgan fingerprint density at radius 3 is 2.15 bits per heavy atom. The van der Waals surface area contributed by atoms with Gasteiger partial charge in [-0.2, -0.15) is 0 Å². The van der Waals surface area contributed by atoms with Crippen LogP contribution in [-0.4, -0.2) is 61.4 Å². The molecule has 2 fully saturated rings. The summed E-state index contributed by atoms with van der Waals surface area (Å²) in [6, 6.07) is 20.8. The van der Waals surface area contributed by atoms with Crippen molar-refractivity contribution in [1.29, 1.82) is 0 Å². The van der Waals surface area contributed by atoms with Crippen molar-refractivity contribution in [2.45, 2.75) is 18.6 Å². The van der Waals surface area contributed by atoms with Gasteiger partial charge >= 0.3 is 0 Å².